The first kappa shape index (κ1) is 27.7. The number of methoxy groups -OCH3 is 1. The van der Waals surface area contributed by atoms with Crippen molar-refractivity contribution in [2.45, 2.75) is 38.1 Å². The lowest BCUT2D eigenvalue weighted by Gasteiger charge is -2.55. The molecule has 0 aromatic heterocycles. The lowest BCUT2D eigenvalue weighted by molar-refractivity contribution is -0.189. The maximum atomic E-state index is 13.7. The maximum Gasteiger partial charge on any atom is 0.334 e. The van der Waals surface area contributed by atoms with E-state index in [1.807, 2.05) is 37.4 Å². The van der Waals surface area contributed by atoms with Gasteiger partial charge in [-0.15, -0.1) is 0 Å². The predicted molar refractivity (Wildman–Crippen MR) is 144 cm³/mol. The molecule has 0 bridgehead atoms. The van der Waals surface area contributed by atoms with E-state index in [1.54, 1.807) is 52.9 Å². The molecule has 204 valence electrons. The largest absolute Gasteiger partial charge is 0.497 e. The number of carbonyl (C=O) groups is 3. The molecule has 0 saturated carbocycles. The van der Waals surface area contributed by atoms with Crippen LogP contribution in [0.3, 0.4) is 0 Å². The Kier molecular flexibility index (Phi) is 8.78. The van der Waals surface area contributed by atoms with Crippen LogP contribution >= 0.6 is 11.8 Å². The van der Waals surface area contributed by atoms with Crippen molar-refractivity contribution in [3.05, 3.63) is 65.5 Å². The second-order valence-electron chi connectivity index (χ2n) is 9.46. The van der Waals surface area contributed by atoms with Crippen LogP contribution in [0.4, 0.5) is 9.18 Å². The fourth-order valence-corrected chi connectivity index (χ4v) is 5.50. The molecule has 1 N–H and O–H groups in total. The van der Waals surface area contributed by atoms with Crippen molar-refractivity contribution in [2.24, 2.45) is 0 Å². The van der Waals surface area contributed by atoms with Gasteiger partial charge in [0.15, 0.2) is 0 Å². The van der Waals surface area contributed by atoms with Crippen LogP contribution in [-0.2, 0) is 16.1 Å². The summed E-state index contributed by atoms with van der Waals surface area (Å²) >= 11 is 1.60. The van der Waals surface area contributed by atoms with E-state index in [-0.39, 0.29) is 42.8 Å². The van der Waals surface area contributed by atoms with Gasteiger partial charge in [-0.3, -0.25) is 9.59 Å². The van der Waals surface area contributed by atoms with Gasteiger partial charge in [0, 0.05) is 13.6 Å². The normalized spacial score (nSPS) is 20.8. The minimum absolute atomic E-state index is 0.0109. The second kappa shape index (κ2) is 12.0. The Morgan fingerprint density at radius 1 is 1.16 bits per heavy atom. The van der Waals surface area contributed by atoms with Crippen LogP contribution in [0.25, 0.3) is 0 Å². The van der Waals surface area contributed by atoms with E-state index in [4.69, 9.17) is 4.74 Å². The molecule has 0 radical (unpaired) electrons. The smallest absolute Gasteiger partial charge is 0.334 e. The fourth-order valence-electron chi connectivity index (χ4n) is 5.04. The summed E-state index contributed by atoms with van der Waals surface area (Å²) in [5, 5.41) is 6.09. The first-order valence-corrected chi connectivity index (χ1v) is 13.9. The number of thioether (sulfide) groups is 1. The monoisotopic (exact) mass is 543 g/mol. The molecule has 2 saturated heterocycles. The van der Waals surface area contributed by atoms with Crippen molar-refractivity contribution in [1.29, 1.82) is 0 Å². The average Bonchev–Trinajstić information content (AvgIpc) is 2.91. The summed E-state index contributed by atoms with van der Waals surface area (Å²) in [6, 6.07) is 12.0. The molecule has 2 heterocycles. The molecule has 2 aromatic rings. The number of piperazine rings is 1. The zero-order valence-corrected chi connectivity index (χ0v) is 22.9. The van der Waals surface area contributed by atoms with Gasteiger partial charge >= 0.3 is 6.03 Å². The highest BCUT2D eigenvalue weighted by Gasteiger charge is 2.51. The van der Waals surface area contributed by atoms with Gasteiger partial charge in [-0.2, -0.15) is 11.8 Å². The highest BCUT2D eigenvalue weighted by atomic mass is 32.2. The third kappa shape index (κ3) is 5.73. The van der Waals surface area contributed by atoms with E-state index < -0.39 is 12.2 Å². The van der Waals surface area contributed by atoms with E-state index in [2.05, 4.69) is 5.32 Å². The number of nitrogens with zero attached hydrogens (tertiary/aromatic N) is 4. The van der Waals surface area contributed by atoms with Crippen LogP contribution in [0.1, 0.15) is 30.5 Å². The van der Waals surface area contributed by atoms with Gasteiger partial charge in [0.25, 0.3) is 0 Å². The molecule has 3 atom stereocenters. The highest BCUT2D eigenvalue weighted by molar-refractivity contribution is 7.98. The standard InChI is InChI=1S/C27H34FN5O4S/c1-18(20-7-9-21(28)10-8-20)31-16-24-32(23(26(31)35)13-14-38-4)25(34)17-30(2)33(24)27(36)29-15-19-5-11-22(37-3)12-6-19/h5-12,18,23-24H,13-17H2,1-4H3,(H,29,36). The van der Waals surface area contributed by atoms with Gasteiger partial charge in [0.05, 0.1) is 26.2 Å². The zero-order chi connectivity index (χ0) is 27.4. The van der Waals surface area contributed by atoms with E-state index in [1.165, 1.54) is 17.1 Å². The Morgan fingerprint density at radius 3 is 2.47 bits per heavy atom. The SMILES string of the molecule is COc1ccc(CNC(=O)N2C3CN(C(C)c4ccc(F)cc4)C(=O)C(CCSC)N3C(=O)CN2C)cc1. The first-order chi connectivity index (χ1) is 18.2. The molecule has 4 amide bonds. The summed E-state index contributed by atoms with van der Waals surface area (Å²) in [7, 11) is 3.29. The molecule has 2 aliphatic rings. The molecule has 4 rings (SSSR count). The van der Waals surface area contributed by atoms with Gasteiger partial charge in [-0.25, -0.2) is 19.2 Å². The number of benzene rings is 2. The van der Waals surface area contributed by atoms with Gasteiger partial charge in [0.2, 0.25) is 11.8 Å². The number of ether oxygens (including phenoxy) is 1. The Balaban J connectivity index is 1.60. The van der Waals surface area contributed by atoms with Gasteiger partial charge in [-0.05, 0) is 60.7 Å². The van der Waals surface area contributed by atoms with E-state index in [0.29, 0.717) is 18.7 Å². The topological polar surface area (TPSA) is 85.4 Å². The molecule has 0 spiro atoms. The molecule has 38 heavy (non-hydrogen) atoms. The van der Waals surface area contributed by atoms with Crippen LogP contribution in [0.2, 0.25) is 0 Å². The quantitative estimate of drug-likeness (QED) is 0.551. The van der Waals surface area contributed by atoms with Crippen LogP contribution in [-0.4, -0.2) is 89.1 Å². The number of hydrogen-bond acceptors (Lipinski definition) is 6. The molecular weight excluding hydrogens is 509 g/mol. The Labute approximate surface area is 226 Å². The summed E-state index contributed by atoms with van der Waals surface area (Å²) in [6.45, 7) is 2.30. The summed E-state index contributed by atoms with van der Waals surface area (Å²) in [5.41, 5.74) is 1.68. The number of likely N-dealkylation sites (N-methyl/N-ethyl adjacent to an activating group) is 1. The predicted octanol–water partition coefficient (Wildman–Crippen LogP) is 3.09. The van der Waals surface area contributed by atoms with Crippen molar-refractivity contribution < 1.29 is 23.5 Å². The lowest BCUT2D eigenvalue weighted by Crippen LogP contribution is -2.76. The van der Waals surface area contributed by atoms with Crippen LogP contribution in [0.5, 0.6) is 5.75 Å². The van der Waals surface area contributed by atoms with Gasteiger partial charge in [0.1, 0.15) is 23.8 Å². The molecule has 2 aliphatic heterocycles. The van der Waals surface area contributed by atoms with E-state index >= 15 is 0 Å². The number of carbonyl (C=O) groups excluding carboxylic acids is 3. The average molecular weight is 544 g/mol. The van der Waals surface area contributed by atoms with Gasteiger partial charge < -0.3 is 19.9 Å². The molecule has 9 nitrogen and oxygen atoms in total. The maximum absolute atomic E-state index is 13.7. The second-order valence-corrected chi connectivity index (χ2v) is 10.4. The first-order valence-electron chi connectivity index (χ1n) is 12.5. The third-order valence-electron chi connectivity index (χ3n) is 7.11. The number of halogens is 1. The van der Waals surface area contributed by atoms with Crippen molar-refractivity contribution in [2.75, 3.05) is 39.3 Å². The summed E-state index contributed by atoms with van der Waals surface area (Å²) in [5.74, 6) is 0.706. The molecule has 2 aromatic carbocycles. The molecule has 2 fully saturated rings. The summed E-state index contributed by atoms with van der Waals surface area (Å²) in [4.78, 5) is 43.8. The molecule has 0 aliphatic carbocycles. The molecule has 11 heteroatoms. The third-order valence-corrected chi connectivity index (χ3v) is 7.76. The van der Waals surface area contributed by atoms with Crippen molar-refractivity contribution in [3.8, 4) is 5.75 Å². The molecule has 3 unspecified atom stereocenters. The number of hydrazine groups is 1. The van der Waals surface area contributed by atoms with Crippen molar-refractivity contribution in [1.82, 2.24) is 25.1 Å². The Bertz CT molecular complexity index is 1150. The number of nitrogens with one attached hydrogen (secondary N) is 1. The number of hydrogen-bond donors (Lipinski definition) is 1. The summed E-state index contributed by atoms with van der Waals surface area (Å²) < 4.78 is 18.8. The highest BCUT2D eigenvalue weighted by Crippen LogP contribution is 2.32. The molecular formula is C27H34FN5O4S. The van der Waals surface area contributed by atoms with Crippen LogP contribution < -0.4 is 10.1 Å². The van der Waals surface area contributed by atoms with Crippen molar-refractivity contribution in [3.63, 3.8) is 0 Å². The van der Waals surface area contributed by atoms with E-state index in [0.717, 1.165) is 16.9 Å². The fraction of sp³-hybridized carbons (Fsp3) is 0.444. The lowest BCUT2D eigenvalue weighted by atomic mass is 9.99. The van der Waals surface area contributed by atoms with Crippen LogP contribution in [0, 0.1) is 5.82 Å². The zero-order valence-electron chi connectivity index (χ0n) is 22.1. The number of amides is 4. The minimum atomic E-state index is -0.692. The summed E-state index contributed by atoms with van der Waals surface area (Å²) in [6.07, 6.45) is 1.75. The van der Waals surface area contributed by atoms with Gasteiger partial charge in [-0.1, -0.05) is 24.3 Å². The van der Waals surface area contributed by atoms with E-state index in [9.17, 15) is 18.8 Å². The Hall–Kier alpha value is -3.31. The number of rotatable bonds is 8. The van der Waals surface area contributed by atoms with Crippen LogP contribution in [0.15, 0.2) is 48.5 Å². The van der Waals surface area contributed by atoms with Crippen molar-refractivity contribution >= 4 is 29.6 Å². The Morgan fingerprint density at radius 2 is 1.84 bits per heavy atom. The number of urea groups is 1. The minimum Gasteiger partial charge on any atom is -0.497 e. The number of fused-ring (bicyclic) bond motifs is 1.